The van der Waals surface area contributed by atoms with Crippen LogP contribution in [0.4, 0.5) is 11.4 Å². The summed E-state index contributed by atoms with van der Waals surface area (Å²) in [7, 11) is -0.317. The lowest BCUT2D eigenvalue weighted by atomic mass is 9.95. The van der Waals surface area contributed by atoms with E-state index in [2.05, 4.69) is 72.0 Å². The molecular formula is C41H49N5O4Si. The summed E-state index contributed by atoms with van der Waals surface area (Å²) < 4.78 is 14.4. The van der Waals surface area contributed by atoms with Crippen molar-refractivity contribution in [3.8, 4) is 5.75 Å². The van der Waals surface area contributed by atoms with Crippen molar-refractivity contribution in [2.45, 2.75) is 69.5 Å². The molecule has 10 heteroatoms. The number of carbonyl (C=O) groups excluding carboxylic acids is 1. The van der Waals surface area contributed by atoms with Crippen LogP contribution in [0.3, 0.4) is 0 Å². The van der Waals surface area contributed by atoms with Crippen molar-refractivity contribution in [2.24, 2.45) is 5.92 Å². The molecule has 266 valence electrons. The highest BCUT2D eigenvalue weighted by atomic mass is 28.3. The molecule has 0 aliphatic carbocycles. The van der Waals surface area contributed by atoms with Crippen molar-refractivity contribution >= 4 is 30.5 Å². The van der Waals surface area contributed by atoms with Gasteiger partial charge in [-0.25, -0.2) is 0 Å². The van der Waals surface area contributed by atoms with E-state index < -0.39 is 8.07 Å². The van der Waals surface area contributed by atoms with E-state index in [-0.39, 0.29) is 30.6 Å². The molecule has 0 bridgehead atoms. The number of nitrogens with two attached hydrogens (primary N) is 1. The molecule has 0 spiro atoms. The van der Waals surface area contributed by atoms with Gasteiger partial charge in [0.1, 0.15) is 5.75 Å². The number of hydrogen-bond donors (Lipinski definition) is 3. The average Bonchev–Trinajstić information content (AvgIpc) is 3.75. The molecule has 5 aromatic rings. The standard InChI is InChI=1S/C41H49N5O4Si/c1-28-38(23-12-29-10-17-33(18-11-29)43-41(48)31-13-15-32(42)16-14-31)50-39(40(28)51(3,4)35-21-19-34(49-2)20-22-35)24-25-46-26-37(44-45-46)36(27-47)30-8-6-5-7-9-30/h5-11,13-22,26,28,36,38-40,47H,12,23-25,27,42H2,1-4H3,(H,43,48)/t28-,36?,38+,39-,40+/m0/s1. The van der Waals surface area contributed by atoms with Crippen LogP contribution in [0.1, 0.15) is 52.9 Å². The summed E-state index contributed by atoms with van der Waals surface area (Å²) in [5.74, 6) is 0.849. The Balaban J connectivity index is 1.14. The maximum absolute atomic E-state index is 12.7. The summed E-state index contributed by atoms with van der Waals surface area (Å²) in [5, 5.41) is 23.5. The Morgan fingerprint density at radius 2 is 1.67 bits per heavy atom. The summed E-state index contributed by atoms with van der Waals surface area (Å²) in [6.07, 6.45) is 4.74. The molecule has 1 aromatic heterocycles. The number of aromatic nitrogens is 3. The fourth-order valence-corrected chi connectivity index (χ4v) is 11.8. The molecule has 1 aliphatic rings. The van der Waals surface area contributed by atoms with E-state index in [1.807, 2.05) is 53.3 Å². The van der Waals surface area contributed by atoms with Crippen molar-refractivity contribution in [1.82, 2.24) is 15.0 Å². The maximum Gasteiger partial charge on any atom is 0.255 e. The quantitative estimate of drug-likeness (QED) is 0.0873. The highest BCUT2D eigenvalue weighted by Crippen LogP contribution is 2.46. The van der Waals surface area contributed by atoms with Gasteiger partial charge in [-0.2, -0.15) is 0 Å². The zero-order chi connectivity index (χ0) is 36.0. The number of nitrogens with one attached hydrogen (secondary N) is 1. The van der Waals surface area contributed by atoms with Gasteiger partial charge in [-0.1, -0.05) is 85.0 Å². The minimum Gasteiger partial charge on any atom is -0.497 e. The molecule has 4 aromatic carbocycles. The number of aryl methyl sites for hydroxylation is 2. The second-order valence-corrected chi connectivity index (χ2v) is 18.9. The van der Waals surface area contributed by atoms with Crippen LogP contribution in [0.2, 0.25) is 18.6 Å². The Kier molecular flexibility index (Phi) is 11.3. The number of amides is 1. The molecule has 6 rings (SSSR count). The van der Waals surface area contributed by atoms with Gasteiger partial charge in [0, 0.05) is 29.7 Å². The Bertz CT molecular complexity index is 1860. The fourth-order valence-electron chi connectivity index (χ4n) is 7.71. The monoisotopic (exact) mass is 703 g/mol. The minimum atomic E-state index is -2.02. The predicted molar refractivity (Wildman–Crippen MR) is 205 cm³/mol. The van der Waals surface area contributed by atoms with Crippen LogP contribution in [0.25, 0.3) is 0 Å². The van der Waals surface area contributed by atoms with Gasteiger partial charge in [0.15, 0.2) is 0 Å². The summed E-state index contributed by atoms with van der Waals surface area (Å²) in [4.78, 5) is 12.7. The van der Waals surface area contributed by atoms with E-state index in [4.69, 9.17) is 15.2 Å². The number of carbonyl (C=O) groups is 1. The number of methoxy groups -OCH3 is 1. The molecule has 1 amide bonds. The number of nitrogen functional groups attached to an aromatic ring is 1. The van der Waals surface area contributed by atoms with Gasteiger partial charge < -0.3 is 25.6 Å². The SMILES string of the molecule is COc1ccc([Si](C)(C)[C@@H]2[C@@H](C)[C@@H](CCc3ccc(NC(=O)c4ccc(N)cc4)cc3)O[C@H]2CCn2cc(C(CO)c3ccccc3)nn2)cc1. The lowest BCUT2D eigenvalue weighted by molar-refractivity contribution is 0.0250. The largest absolute Gasteiger partial charge is 0.497 e. The van der Waals surface area contributed by atoms with E-state index in [0.29, 0.717) is 29.3 Å². The maximum atomic E-state index is 12.7. The molecule has 1 unspecified atom stereocenters. The minimum absolute atomic E-state index is 0.0294. The first kappa shape index (κ1) is 36.0. The molecule has 51 heavy (non-hydrogen) atoms. The third-order valence-electron chi connectivity index (χ3n) is 10.6. The molecule has 5 atom stereocenters. The van der Waals surface area contributed by atoms with Crippen LogP contribution >= 0.6 is 0 Å². The number of anilines is 2. The normalized spacial score (nSPS) is 19.5. The smallest absolute Gasteiger partial charge is 0.255 e. The molecule has 1 aliphatic heterocycles. The van der Waals surface area contributed by atoms with Gasteiger partial charge in [-0.05, 0) is 90.4 Å². The van der Waals surface area contributed by atoms with Gasteiger partial charge in [-0.3, -0.25) is 9.48 Å². The second-order valence-electron chi connectivity index (χ2n) is 14.2. The molecule has 9 nitrogen and oxygen atoms in total. The Hall–Kier alpha value is -4.77. The third-order valence-corrected chi connectivity index (χ3v) is 15.0. The number of rotatable bonds is 14. The van der Waals surface area contributed by atoms with E-state index >= 15 is 0 Å². The van der Waals surface area contributed by atoms with Crippen molar-refractivity contribution in [3.63, 3.8) is 0 Å². The number of ether oxygens (including phenoxy) is 2. The molecule has 0 radical (unpaired) electrons. The first-order chi connectivity index (χ1) is 24.7. The van der Waals surface area contributed by atoms with Crippen molar-refractivity contribution in [2.75, 3.05) is 24.8 Å². The molecule has 0 saturated carbocycles. The van der Waals surface area contributed by atoms with Gasteiger partial charge in [0.2, 0.25) is 0 Å². The Morgan fingerprint density at radius 3 is 2.33 bits per heavy atom. The van der Waals surface area contributed by atoms with Crippen LogP contribution < -0.4 is 21.0 Å². The van der Waals surface area contributed by atoms with Crippen molar-refractivity contribution in [3.05, 3.63) is 132 Å². The highest BCUT2D eigenvalue weighted by Gasteiger charge is 2.50. The third kappa shape index (κ3) is 8.41. The summed E-state index contributed by atoms with van der Waals surface area (Å²) in [6, 6.07) is 33.6. The lowest BCUT2D eigenvalue weighted by Gasteiger charge is -2.36. The number of hydrogen-bond acceptors (Lipinski definition) is 7. The molecule has 1 fully saturated rings. The predicted octanol–water partition coefficient (Wildman–Crippen LogP) is 6.66. The number of aliphatic hydroxyl groups excluding tert-OH is 1. The Morgan fingerprint density at radius 1 is 0.961 bits per heavy atom. The zero-order valence-electron chi connectivity index (χ0n) is 29.9. The molecule has 4 N–H and O–H groups in total. The van der Waals surface area contributed by atoms with Crippen LogP contribution in [0.15, 0.2) is 109 Å². The lowest BCUT2D eigenvalue weighted by Crippen LogP contribution is -2.50. The van der Waals surface area contributed by atoms with E-state index in [9.17, 15) is 9.90 Å². The van der Waals surface area contributed by atoms with E-state index in [0.717, 1.165) is 42.0 Å². The number of aliphatic hydroxyl groups is 1. The van der Waals surface area contributed by atoms with Gasteiger partial charge in [-0.15, -0.1) is 5.10 Å². The Labute approximate surface area is 301 Å². The van der Waals surface area contributed by atoms with Crippen LogP contribution in [0, 0.1) is 5.92 Å². The summed E-state index contributed by atoms with van der Waals surface area (Å²) in [6.45, 7) is 7.94. The molecular weight excluding hydrogens is 655 g/mol. The van der Waals surface area contributed by atoms with Crippen LogP contribution in [-0.4, -0.2) is 60.0 Å². The highest BCUT2D eigenvalue weighted by molar-refractivity contribution is 6.91. The van der Waals surface area contributed by atoms with Gasteiger partial charge >= 0.3 is 0 Å². The second kappa shape index (κ2) is 16.1. The van der Waals surface area contributed by atoms with Crippen molar-refractivity contribution < 1.29 is 19.4 Å². The zero-order valence-corrected chi connectivity index (χ0v) is 30.9. The number of benzene rings is 4. The van der Waals surface area contributed by atoms with Crippen molar-refractivity contribution in [1.29, 1.82) is 0 Å². The van der Waals surface area contributed by atoms with Crippen LogP contribution in [-0.2, 0) is 17.7 Å². The first-order valence-corrected chi connectivity index (χ1v) is 20.9. The average molecular weight is 704 g/mol. The first-order valence-electron chi connectivity index (χ1n) is 17.8. The molecule has 1 saturated heterocycles. The van der Waals surface area contributed by atoms with Gasteiger partial charge in [0.25, 0.3) is 5.91 Å². The van der Waals surface area contributed by atoms with Gasteiger partial charge in [0.05, 0.1) is 45.6 Å². The number of nitrogens with zero attached hydrogens (tertiary/aromatic N) is 3. The van der Waals surface area contributed by atoms with E-state index in [1.165, 1.54) is 10.8 Å². The fraction of sp³-hybridized carbons (Fsp3) is 0.341. The molecule has 2 heterocycles. The summed E-state index contributed by atoms with van der Waals surface area (Å²) in [5.41, 5.74) is 11.1. The van der Waals surface area contributed by atoms with E-state index in [1.54, 1.807) is 31.4 Å². The topological polar surface area (TPSA) is 125 Å². The summed E-state index contributed by atoms with van der Waals surface area (Å²) >= 11 is 0. The van der Waals surface area contributed by atoms with Crippen LogP contribution in [0.5, 0.6) is 5.75 Å².